The third kappa shape index (κ3) is 5.80. The molecular weight excluding hydrogens is 399 g/mol. The summed E-state index contributed by atoms with van der Waals surface area (Å²) in [5.41, 5.74) is 0.931. The highest BCUT2D eigenvalue weighted by atomic mass is 32.2. The lowest BCUT2D eigenvalue weighted by molar-refractivity contribution is 0.0952. The van der Waals surface area contributed by atoms with Crippen LogP contribution in [-0.4, -0.2) is 44.0 Å². The summed E-state index contributed by atoms with van der Waals surface area (Å²) in [7, 11) is -3.75. The minimum atomic E-state index is -3.75. The van der Waals surface area contributed by atoms with E-state index in [0.717, 1.165) is 17.9 Å². The van der Waals surface area contributed by atoms with Crippen molar-refractivity contribution in [3.8, 4) is 0 Å². The molecule has 152 valence electrons. The molecule has 0 fully saturated rings. The van der Waals surface area contributed by atoms with Crippen LogP contribution in [0.4, 0.5) is 4.39 Å². The third-order valence-corrected chi connectivity index (χ3v) is 7.25. The van der Waals surface area contributed by atoms with E-state index in [9.17, 15) is 17.6 Å². The number of rotatable bonds is 10. The molecule has 0 aliphatic rings. The molecule has 0 saturated heterocycles. The fourth-order valence-electron chi connectivity index (χ4n) is 2.65. The Morgan fingerprint density at radius 1 is 1.11 bits per heavy atom. The van der Waals surface area contributed by atoms with Gasteiger partial charge in [0.1, 0.15) is 5.82 Å². The number of halogens is 1. The summed E-state index contributed by atoms with van der Waals surface area (Å²) < 4.78 is 40.5. The van der Waals surface area contributed by atoms with Crippen molar-refractivity contribution >= 4 is 27.7 Å². The number of nitrogens with zero attached hydrogens (tertiary/aromatic N) is 1. The van der Waals surface area contributed by atoms with Gasteiger partial charge in [0, 0.05) is 31.1 Å². The van der Waals surface area contributed by atoms with Gasteiger partial charge < -0.3 is 5.32 Å². The van der Waals surface area contributed by atoms with Crippen molar-refractivity contribution in [3.05, 3.63) is 65.5 Å². The molecule has 0 aliphatic carbocycles. The zero-order valence-corrected chi connectivity index (χ0v) is 17.7. The van der Waals surface area contributed by atoms with Gasteiger partial charge in [-0.3, -0.25) is 4.79 Å². The van der Waals surface area contributed by atoms with Gasteiger partial charge in [0.05, 0.1) is 10.5 Å². The van der Waals surface area contributed by atoms with Gasteiger partial charge in [-0.15, -0.1) is 0 Å². The number of nitrogens with one attached hydrogen (secondary N) is 1. The second kappa shape index (κ2) is 10.6. The van der Waals surface area contributed by atoms with Crippen molar-refractivity contribution < 1.29 is 17.6 Å². The van der Waals surface area contributed by atoms with Crippen molar-refractivity contribution in [2.75, 3.05) is 25.4 Å². The molecule has 0 aromatic heterocycles. The summed E-state index contributed by atoms with van der Waals surface area (Å²) in [5, 5.41) is 2.65. The maximum Gasteiger partial charge on any atom is 0.254 e. The van der Waals surface area contributed by atoms with Gasteiger partial charge in [0.2, 0.25) is 10.0 Å². The molecule has 1 N–H and O–H groups in total. The highest BCUT2D eigenvalue weighted by molar-refractivity contribution is 7.98. The van der Waals surface area contributed by atoms with Crippen LogP contribution in [0.2, 0.25) is 0 Å². The molecule has 5 nitrogen and oxygen atoms in total. The number of benzene rings is 2. The first-order valence-electron chi connectivity index (χ1n) is 9.09. The molecule has 0 radical (unpaired) electrons. The number of carbonyl (C=O) groups excluding carboxylic acids is 1. The van der Waals surface area contributed by atoms with Crippen LogP contribution in [0.15, 0.2) is 53.4 Å². The molecule has 0 aliphatic heterocycles. The second-order valence-electron chi connectivity index (χ2n) is 6.03. The average Bonchev–Trinajstić information content (AvgIpc) is 2.69. The first kappa shape index (κ1) is 22.4. The maximum absolute atomic E-state index is 14.1. The van der Waals surface area contributed by atoms with Gasteiger partial charge in [-0.2, -0.15) is 16.1 Å². The van der Waals surface area contributed by atoms with E-state index in [4.69, 9.17) is 0 Å². The number of hydrogen-bond donors (Lipinski definition) is 1. The molecule has 2 rings (SSSR count). The standard InChI is InChI=1S/C20H25FN2O3S2/c1-3-23(4-2)28(25,26)17-10-11-19(21)18(14-17)20(24)22-12-13-27-15-16-8-6-5-7-9-16/h5-11,14H,3-4,12-13,15H2,1-2H3,(H,22,24). The monoisotopic (exact) mass is 424 g/mol. The van der Waals surface area contributed by atoms with Gasteiger partial charge in [0.15, 0.2) is 0 Å². The summed E-state index contributed by atoms with van der Waals surface area (Å²) in [5.74, 6) is 0.130. The summed E-state index contributed by atoms with van der Waals surface area (Å²) in [6, 6.07) is 13.3. The minimum absolute atomic E-state index is 0.0822. The predicted molar refractivity (Wildman–Crippen MR) is 111 cm³/mol. The Kier molecular flexibility index (Phi) is 8.47. The minimum Gasteiger partial charge on any atom is -0.351 e. The van der Waals surface area contributed by atoms with E-state index in [1.807, 2.05) is 30.3 Å². The van der Waals surface area contributed by atoms with Crippen molar-refractivity contribution in [1.82, 2.24) is 9.62 Å². The van der Waals surface area contributed by atoms with E-state index in [2.05, 4.69) is 5.32 Å². The average molecular weight is 425 g/mol. The number of amides is 1. The van der Waals surface area contributed by atoms with Gasteiger partial charge in [-0.25, -0.2) is 12.8 Å². The van der Waals surface area contributed by atoms with Crippen molar-refractivity contribution in [2.24, 2.45) is 0 Å². The first-order valence-corrected chi connectivity index (χ1v) is 11.7. The molecule has 0 heterocycles. The fraction of sp³-hybridized carbons (Fsp3) is 0.350. The maximum atomic E-state index is 14.1. The van der Waals surface area contributed by atoms with Crippen LogP contribution in [0, 0.1) is 5.82 Å². The van der Waals surface area contributed by atoms with Crippen LogP contribution in [0.3, 0.4) is 0 Å². The third-order valence-electron chi connectivity index (χ3n) is 4.17. The molecule has 1 amide bonds. The molecule has 0 unspecified atom stereocenters. The summed E-state index contributed by atoms with van der Waals surface area (Å²) in [6.07, 6.45) is 0. The summed E-state index contributed by atoms with van der Waals surface area (Å²) in [4.78, 5) is 12.2. The van der Waals surface area contributed by atoms with Crippen LogP contribution < -0.4 is 5.32 Å². The van der Waals surface area contributed by atoms with Gasteiger partial charge >= 0.3 is 0 Å². The number of thioether (sulfide) groups is 1. The Labute approximate surface area is 170 Å². The molecule has 0 atom stereocenters. The van der Waals surface area contributed by atoms with Gasteiger partial charge in [-0.05, 0) is 23.8 Å². The summed E-state index contributed by atoms with van der Waals surface area (Å²) >= 11 is 1.65. The van der Waals surface area contributed by atoms with Crippen molar-refractivity contribution in [1.29, 1.82) is 0 Å². The Morgan fingerprint density at radius 3 is 2.43 bits per heavy atom. The van der Waals surface area contributed by atoms with Crippen LogP contribution in [-0.2, 0) is 15.8 Å². The Bertz CT molecular complexity index is 886. The molecule has 8 heteroatoms. The molecule has 0 saturated carbocycles. The predicted octanol–water partition coefficient (Wildman–Crippen LogP) is 3.52. The number of hydrogen-bond acceptors (Lipinski definition) is 4. The zero-order valence-electron chi connectivity index (χ0n) is 16.0. The van der Waals surface area contributed by atoms with E-state index in [-0.39, 0.29) is 10.5 Å². The Balaban J connectivity index is 1.97. The van der Waals surface area contributed by atoms with Crippen molar-refractivity contribution in [2.45, 2.75) is 24.5 Å². The topological polar surface area (TPSA) is 66.5 Å². The van der Waals surface area contributed by atoms with Gasteiger partial charge in [-0.1, -0.05) is 44.2 Å². The lowest BCUT2D eigenvalue weighted by Gasteiger charge is -2.19. The van der Waals surface area contributed by atoms with Crippen molar-refractivity contribution in [3.63, 3.8) is 0 Å². The molecular formula is C20H25FN2O3S2. The van der Waals surface area contributed by atoms with E-state index >= 15 is 0 Å². The molecule has 28 heavy (non-hydrogen) atoms. The lowest BCUT2D eigenvalue weighted by atomic mass is 10.2. The summed E-state index contributed by atoms with van der Waals surface area (Å²) in [6.45, 7) is 4.42. The first-order chi connectivity index (χ1) is 13.4. The normalized spacial score (nSPS) is 11.6. The van der Waals surface area contributed by atoms with Crippen LogP contribution >= 0.6 is 11.8 Å². The molecule has 0 spiro atoms. The lowest BCUT2D eigenvalue weighted by Crippen LogP contribution is -2.31. The number of carbonyl (C=O) groups is 1. The van der Waals surface area contributed by atoms with E-state index in [1.54, 1.807) is 25.6 Å². The quantitative estimate of drug-likeness (QED) is 0.593. The van der Waals surface area contributed by atoms with Crippen LogP contribution in [0.25, 0.3) is 0 Å². The smallest absolute Gasteiger partial charge is 0.254 e. The highest BCUT2D eigenvalue weighted by Gasteiger charge is 2.24. The van der Waals surface area contributed by atoms with Crippen LogP contribution in [0.5, 0.6) is 0 Å². The number of sulfonamides is 1. The zero-order chi connectivity index (χ0) is 20.6. The van der Waals surface area contributed by atoms with E-state index < -0.39 is 21.7 Å². The van der Waals surface area contributed by atoms with Gasteiger partial charge in [0.25, 0.3) is 5.91 Å². The Hall–Kier alpha value is -1.90. The Morgan fingerprint density at radius 2 is 1.79 bits per heavy atom. The molecule has 2 aromatic rings. The molecule has 2 aromatic carbocycles. The largest absolute Gasteiger partial charge is 0.351 e. The highest BCUT2D eigenvalue weighted by Crippen LogP contribution is 2.19. The second-order valence-corrected chi connectivity index (χ2v) is 9.07. The van der Waals surface area contributed by atoms with E-state index in [1.165, 1.54) is 15.9 Å². The van der Waals surface area contributed by atoms with E-state index in [0.29, 0.717) is 25.4 Å². The SMILES string of the molecule is CCN(CC)S(=O)(=O)c1ccc(F)c(C(=O)NCCSCc2ccccc2)c1. The fourth-order valence-corrected chi connectivity index (χ4v) is 4.95. The van der Waals surface area contributed by atoms with Crippen LogP contribution in [0.1, 0.15) is 29.8 Å². The molecule has 0 bridgehead atoms.